The maximum Gasteiger partial charge on any atom is 0.0431 e. The first-order chi connectivity index (χ1) is 4.68. The third-order valence-electron chi connectivity index (χ3n) is 1.55. The first-order valence-electron chi connectivity index (χ1n) is 3.61. The Kier molecular flexibility index (Phi) is 5.74. The molecule has 0 aromatic carbocycles. The third kappa shape index (κ3) is 4.83. The minimum atomic E-state index is 0.286. The van der Waals surface area contributed by atoms with Crippen molar-refractivity contribution >= 4 is 11.6 Å². The van der Waals surface area contributed by atoms with Crippen LogP contribution in [0.3, 0.4) is 0 Å². The number of allylic oxidation sites excluding steroid dienone is 2. The van der Waals surface area contributed by atoms with Crippen molar-refractivity contribution in [2.75, 3.05) is 6.61 Å². The lowest BCUT2D eigenvalue weighted by Gasteiger charge is -1.99. The minimum Gasteiger partial charge on any atom is -0.396 e. The molecule has 1 N–H and O–H groups in total. The summed E-state index contributed by atoms with van der Waals surface area (Å²) in [6, 6.07) is 0. The van der Waals surface area contributed by atoms with Crippen LogP contribution in [-0.4, -0.2) is 11.7 Å². The van der Waals surface area contributed by atoms with E-state index < -0.39 is 0 Å². The van der Waals surface area contributed by atoms with Gasteiger partial charge in [0.25, 0.3) is 0 Å². The SMILES string of the molecule is CC(Cl)=C(C)CCCCO. The molecule has 0 unspecified atom stereocenters. The molecule has 10 heavy (non-hydrogen) atoms. The van der Waals surface area contributed by atoms with E-state index in [2.05, 4.69) is 0 Å². The summed E-state index contributed by atoms with van der Waals surface area (Å²) in [4.78, 5) is 0. The Labute approximate surface area is 67.7 Å². The van der Waals surface area contributed by atoms with Gasteiger partial charge < -0.3 is 5.11 Å². The van der Waals surface area contributed by atoms with Crippen LogP contribution in [0.15, 0.2) is 10.6 Å². The first-order valence-corrected chi connectivity index (χ1v) is 3.99. The lowest BCUT2D eigenvalue weighted by molar-refractivity contribution is 0.284. The molecule has 0 aromatic rings. The van der Waals surface area contributed by atoms with Crippen LogP contribution >= 0.6 is 11.6 Å². The molecular weight excluding hydrogens is 148 g/mol. The molecule has 0 saturated carbocycles. The predicted molar refractivity (Wildman–Crippen MR) is 45.2 cm³/mol. The van der Waals surface area contributed by atoms with Crippen LogP contribution < -0.4 is 0 Å². The van der Waals surface area contributed by atoms with E-state index in [9.17, 15) is 0 Å². The van der Waals surface area contributed by atoms with Crippen molar-refractivity contribution in [1.82, 2.24) is 0 Å². The summed E-state index contributed by atoms with van der Waals surface area (Å²) >= 11 is 5.72. The van der Waals surface area contributed by atoms with Gasteiger partial charge in [0, 0.05) is 11.6 Å². The summed E-state index contributed by atoms with van der Waals surface area (Å²) < 4.78 is 0. The molecule has 0 amide bonds. The maximum atomic E-state index is 8.47. The summed E-state index contributed by atoms with van der Waals surface area (Å²) in [5.41, 5.74) is 1.23. The molecule has 0 aliphatic heterocycles. The van der Waals surface area contributed by atoms with Crippen LogP contribution in [0.1, 0.15) is 33.1 Å². The zero-order valence-electron chi connectivity index (χ0n) is 6.65. The van der Waals surface area contributed by atoms with Crippen molar-refractivity contribution < 1.29 is 5.11 Å². The molecule has 0 radical (unpaired) electrons. The topological polar surface area (TPSA) is 20.2 Å². The molecule has 0 rings (SSSR count). The molecule has 0 aliphatic rings. The van der Waals surface area contributed by atoms with Gasteiger partial charge in [-0.15, -0.1) is 0 Å². The number of hydrogen-bond donors (Lipinski definition) is 1. The van der Waals surface area contributed by atoms with Gasteiger partial charge in [0.2, 0.25) is 0 Å². The summed E-state index contributed by atoms with van der Waals surface area (Å²) in [6.07, 6.45) is 2.92. The van der Waals surface area contributed by atoms with Crippen LogP contribution in [-0.2, 0) is 0 Å². The van der Waals surface area contributed by atoms with Gasteiger partial charge in [-0.05, 0) is 33.1 Å². The van der Waals surface area contributed by atoms with E-state index in [0.717, 1.165) is 24.3 Å². The van der Waals surface area contributed by atoms with Crippen molar-refractivity contribution in [3.8, 4) is 0 Å². The fourth-order valence-electron chi connectivity index (χ4n) is 0.674. The van der Waals surface area contributed by atoms with Gasteiger partial charge in [0.1, 0.15) is 0 Å². The standard InChI is InChI=1S/C8H15ClO/c1-7(8(2)9)5-3-4-6-10/h10H,3-6H2,1-2H3. The normalized spacial score (nSPS) is 13.2. The molecule has 0 saturated heterocycles. The number of halogens is 1. The molecule has 0 bridgehead atoms. The Morgan fingerprint density at radius 2 is 1.90 bits per heavy atom. The fraction of sp³-hybridized carbons (Fsp3) is 0.750. The van der Waals surface area contributed by atoms with Gasteiger partial charge in [-0.25, -0.2) is 0 Å². The van der Waals surface area contributed by atoms with Crippen molar-refractivity contribution in [2.45, 2.75) is 33.1 Å². The molecular formula is C8H15ClO. The van der Waals surface area contributed by atoms with Gasteiger partial charge in [0.15, 0.2) is 0 Å². The molecule has 1 nitrogen and oxygen atoms in total. The smallest absolute Gasteiger partial charge is 0.0431 e. The van der Waals surface area contributed by atoms with Crippen LogP contribution in [0, 0.1) is 0 Å². The quantitative estimate of drug-likeness (QED) is 0.631. The number of rotatable bonds is 4. The van der Waals surface area contributed by atoms with E-state index in [1.165, 1.54) is 5.57 Å². The first kappa shape index (κ1) is 9.99. The lowest BCUT2D eigenvalue weighted by Crippen LogP contribution is -1.84. The highest BCUT2D eigenvalue weighted by atomic mass is 35.5. The molecule has 0 aromatic heterocycles. The van der Waals surface area contributed by atoms with E-state index in [1.807, 2.05) is 13.8 Å². The van der Waals surface area contributed by atoms with Crippen molar-refractivity contribution in [1.29, 1.82) is 0 Å². The fourth-order valence-corrected chi connectivity index (χ4v) is 0.769. The van der Waals surface area contributed by atoms with Crippen molar-refractivity contribution in [3.63, 3.8) is 0 Å². The number of unbranched alkanes of at least 4 members (excludes halogenated alkanes) is 1. The van der Waals surface area contributed by atoms with Gasteiger partial charge in [-0.1, -0.05) is 17.2 Å². The van der Waals surface area contributed by atoms with E-state index in [4.69, 9.17) is 16.7 Å². The van der Waals surface area contributed by atoms with E-state index >= 15 is 0 Å². The third-order valence-corrected chi connectivity index (χ3v) is 1.87. The Bertz CT molecular complexity index is 114. The zero-order chi connectivity index (χ0) is 7.98. The second kappa shape index (κ2) is 5.75. The number of aliphatic hydroxyl groups is 1. The molecule has 0 aliphatic carbocycles. The van der Waals surface area contributed by atoms with Gasteiger partial charge >= 0.3 is 0 Å². The highest BCUT2D eigenvalue weighted by Crippen LogP contribution is 2.13. The highest BCUT2D eigenvalue weighted by molar-refractivity contribution is 6.29. The van der Waals surface area contributed by atoms with Crippen LogP contribution in [0.2, 0.25) is 0 Å². The Balaban J connectivity index is 3.40. The van der Waals surface area contributed by atoms with Crippen LogP contribution in [0.4, 0.5) is 0 Å². The zero-order valence-corrected chi connectivity index (χ0v) is 7.41. The second-order valence-corrected chi connectivity index (χ2v) is 3.06. The van der Waals surface area contributed by atoms with Gasteiger partial charge in [-0.3, -0.25) is 0 Å². The summed E-state index contributed by atoms with van der Waals surface area (Å²) in [6.45, 7) is 4.21. The monoisotopic (exact) mass is 162 g/mol. The number of hydrogen-bond acceptors (Lipinski definition) is 1. The summed E-state index contributed by atoms with van der Waals surface area (Å²) in [7, 11) is 0. The molecule has 60 valence electrons. The molecule has 0 spiro atoms. The minimum absolute atomic E-state index is 0.286. The molecule has 2 heteroatoms. The summed E-state index contributed by atoms with van der Waals surface area (Å²) in [5.74, 6) is 0. The molecule has 0 atom stereocenters. The van der Waals surface area contributed by atoms with E-state index in [-0.39, 0.29) is 6.61 Å². The predicted octanol–water partition coefficient (Wildman–Crippen LogP) is 2.68. The highest BCUT2D eigenvalue weighted by Gasteiger charge is 1.93. The van der Waals surface area contributed by atoms with E-state index in [0.29, 0.717) is 0 Å². The van der Waals surface area contributed by atoms with Crippen LogP contribution in [0.5, 0.6) is 0 Å². The average molecular weight is 163 g/mol. The Morgan fingerprint density at radius 3 is 2.30 bits per heavy atom. The van der Waals surface area contributed by atoms with E-state index in [1.54, 1.807) is 0 Å². The average Bonchev–Trinajstić information content (AvgIpc) is 1.88. The molecule has 0 fully saturated rings. The second-order valence-electron chi connectivity index (χ2n) is 2.49. The molecule has 0 heterocycles. The summed E-state index contributed by atoms with van der Waals surface area (Å²) in [5, 5.41) is 9.36. The largest absolute Gasteiger partial charge is 0.396 e. The van der Waals surface area contributed by atoms with Crippen molar-refractivity contribution in [2.24, 2.45) is 0 Å². The Morgan fingerprint density at radius 1 is 1.30 bits per heavy atom. The maximum absolute atomic E-state index is 8.47. The van der Waals surface area contributed by atoms with Gasteiger partial charge in [0.05, 0.1) is 0 Å². The van der Waals surface area contributed by atoms with Crippen molar-refractivity contribution in [3.05, 3.63) is 10.6 Å². The lowest BCUT2D eigenvalue weighted by atomic mass is 10.1. The van der Waals surface area contributed by atoms with Crippen LogP contribution in [0.25, 0.3) is 0 Å². The Hall–Kier alpha value is -0.0100. The van der Waals surface area contributed by atoms with Gasteiger partial charge in [-0.2, -0.15) is 0 Å². The number of aliphatic hydroxyl groups excluding tert-OH is 1.